The molecular weight excluding hydrogens is 288 g/mol. The van der Waals surface area contributed by atoms with Crippen LogP contribution in [0.1, 0.15) is 43.1 Å². The minimum absolute atomic E-state index is 0.0646. The van der Waals surface area contributed by atoms with E-state index in [4.69, 9.17) is 5.11 Å². The Hall–Kier alpha value is -2.44. The number of carboxylic acid groups (broad SMARTS) is 1. The SMILES string of the molecule is CCc1ccc(C(=O)N(CCC(=O)O)C(C)C)cc1[N+](=O)[O-]. The zero-order valence-corrected chi connectivity index (χ0v) is 12.9. The van der Waals surface area contributed by atoms with Gasteiger partial charge in [-0.25, -0.2) is 0 Å². The highest BCUT2D eigenvalue weighted by Crippen LogP contribution is 2.22. The molecule has 0 spiro atoms. The second-order valence-electron chi connectivity index (χ2n) is 5.19. The molecule has 0 saturated carbocycles. The molecule has 1 rings (SSSR count). The minimum atomic E-state index is -0.995. The van der Waals surface area contributed by atoms with Crippen LogP contribution < -0.4 is 0 Å². The van der Waals surface area contributed by atoms with Crippen molar-refractivity contribution in [1.82, 2.24) is 4.90 Å². The van der Waals surface area contributed by atoms with E-state index in [2.05, 4.69) is 0 Å². The molecule has 1 aromatic carbocycles. The van der Waals surface area contributed by atoms with Crippen LogP contribution in [0.4, 0.5) is 5.69 Å². The number of aliphatic carboxylic acids is 1. The molecule has 7 heteroatoms. The van der Waals surface area contributed by atoms with Crippen molar-refractivity contribution in [2.75, 3.05) is 6.54 Å². The van der Waals surface area contributed by atoms with Crippen molar-refractivity contribution >= 4 is 17.6 Å². The summed E-state index contributed by atoms with van der Waals surface area (Å²) in [4.78, 5) is 35.1. The quantitative estimate of drug-likeness (QED) is 0.616. The molecule has 1 amide bonds. The standard InChI is InChI=1S/C15H20N2O5/c1-4-11-5-6-12(9-13(11)17(21)22)15(20)16(10(2)3)8-7-14(18)19/h5-6,9-10H,4,7-8H2,1-3H3,(H,18,19). The summed E-state index contributed by atoms with van der Waals surface area (Å²) in [6, 6.07) is 4.18. The van der Waals surface area contributed by atoms with Crippen molar-refractivity contribution in [3.63, 3.8) is 0 Å². The summed E-state index contributed by atoms with van der Waals surface area (Å²) in [5.41, 5.74) is 0.668. The van der Waals surface area contributed by atoms with E-state index in [1.807, 2.05) is 0 Å². The minimum Gasteiger partial charge on any atom is -0.481 e. The first-order valence-electron chi connectivity index (χ1n) is 7.08. The molecule has 0 bridgehead atoms. The number of carbonyl (C=O) groups excluding carboxylic acids is 1. The van der Waals surface area contributed by atoms with Crippen LogP contribution in [0.5, 0.6) is 0 Å². The number of amides is 1. The van der Waals surface area contributed by atoms with Crippen molar-refractivity contribution in [2.24, 2.45) is 0 Å². The highest BCUT2D eigenvalue weighted by Gasteiger charge is 2.22. The van der Waals surface area contributed by atoms with E-state index in [9.17, 15) is 19.7 Å². The number of carbonyl (C=O) groups is 2. The lowest BCUT2D eigenvalue weighted by Gasteiger charge is -2.26. The van der Waals surface area contributed by atoms with Gasteiger partial charge in [0.05, 0.1) is 11.3 Å². The summed E-state index contributed by atoms with van der Waals surface area (Å²) in [5, 5.41) is 19.8. The number of hydrogen-bond donors (Lipinski definition) is 1. The van der Waals surface area contributed by atoms with E-state index < -0.39 is 16.8 Å². The molecule has 0 atom stereocenters. The predicted molar refractivity (Wildman–Crippen MR) is 80.9 cm³/mol. The van der Waals surface area contributed by atoms with Crippen molar-refractivity contribution in [2.45, 2.75) is 39.7 Å². The molecule has 7 nitrogen and oxygen atoms in total. The van der Waals surface area contributed by atoms with E-state index in [1.165, 1.54) is 11.0 Å². The Balaban J connectivity index is 3.11. The summed E-state index contributed by atoms with van der Waals surface area (Å²) >= 11 is 0. The highest BCUT2D eigenvalue weighted by molar-refractivity contribution is 5.95. The summed E-state index contributed by atoms with van der Waals surface area (Å²) < 4.78 is 0. The summed E-state index contributed by atoms with van der Waals surface area (Å²) in [5.74, 6) is -1.40. The van der Waals surface area contributed by atoms with Crippen LogP contribution in [0.15, 0.2) is 18.2 Å². The fourth-order valence-corrected chi connectivity index (χ4v) is 2.14. The van der Waals surface area contributed by atoms with E-state index >= 15 is 0 Å². The molecule has 0 unspecified atom stereocenters. The second-order valence-corrected chi connectivity index (χ2v) is 5.19. The molecule has 0 heterocycles. The summed E-state index contributed by atoms with van der Waals surface area (Å²) in [6.45, 7) is 5.41. The first-order chi connectivity index (χ1) is 10.3. The van der Waals surface area contributed by atoms with Crippen molar-refractivity contribution in [3.8, 4) is 0 Å². The van der Waals surface area contributed by atoms with Crippen LogP contribution in [0, 0.1) is 10.1 Å². The Labute approximate surface area is 128 Å². The molecule has 1 aromatic rings. The molecule has 0 aliphatic carbocycles. The van der Waals surface area contributed by atoms with Gasteiger partial charge in [0, 0.05) is 29.8 Å². The molecule has 0 fully saturated rings. The largest absolute Gasteiger partial charge is 0.481 e. The van der Waals surface area contributed by atoms with Crippen molar-refractivity contribution < 1.29 is 19.6 Å². The average Bonchev–Trinajstić information content (AvgIpc) is 2.45. The maximum absolute atomic E-state index is 12.5. The van der Waals surface area contributed by atoms with Gasteiger partial charge in [-0.3, -0.25) is 19.7 Å². The topological polar surface area (TPSA) is 101 Å². The second kappa shape index (κ2) is 7.53. The monoisotopic (exact) mass is 308 g/mol. The molecule has 0 radical (unpaired) electrons. The third-order valence-corrected chi connectivity index (χ3v) is 3.36. The molecule has 120 valence electrons. The normalized spacial score (nSPS) is 10.5. The van der Waals surface area contributed by atoms with Crippen LogP contribution in [-0.2, 0) is 11.2 Å². The van der Waals surface area contributed by atoms with Crippen LogP contribution >= 0.6 is 0 Å². The average molecular weight is 308 g/mol. The first kappa shape index (κ1) is 17.6. The van der Waals surface area contributed by atoms with Gasteiger partial charge >= 0.3 is 5.97 Å². The molecular formula is C15H20N2O5. The third-order valence-electron chi connectivity index (χ3n) is 3.36. The molecule has 1 N–H and O–H groups in total. The van der Waals surface area contributed by atoms with Gasteiger partial charge in [-0.1, -0.05) is 13.0 Å². The molecule has 0 saturated heterocycles. The lowest BCUT2D eigenvalue weighted by Crippen LogP contribution is -2.38. The number of carboxylic acids is 1. The van der Waals surface area contributed by atoms with Gasteiger partial charge in [-0.05, 0) is 26.3 Å². The summed E-state index contributed by atoms with van der Waals surface area (Å²) in [7, 11) is 0. The molecule has 0 aromatic heterocycles. The smallest absolute Gasteiger partial charge is 0.305 e. The third kappa shape index (κ3) is 4.28. The fraction of sp³-hybridized carbons (Fsp3) is 0.467. The Morgan fingerprint density at radius 1 is 1.36 bits per heavy atom. The Morgan fingerprint density at radius 3 is 2.45 bits per heavy atom. The Bertz CT molecular complexity index is 583. The molecule has 0 aliphatic heterocycles. The number of aryl methyl sites for hydroxylation is 1. The highest BCUT2D eigenvalue weighted by atomic mass is 16.6. The van der Waals surface area contributed by atoms with E-state index in [-0.39, 0.29) is 30.3 Å². The van der Waals surface area contributed by atoms with Crippen molar-refractivity contribution in [3.05, 3.63) is 39.4 Å². The van der Waals surface area contributed by atoms with Crippen molar-refractivity contribution in [1.29, 1.82) is 0 Å². The number of hydrogen-bond acceptors (Lipinski definition) is 4. The number of nitrogens with zero attached hydrogens (tertiary/aromatic N) is 2. The Kier molecular flexibility index (Phi) is 6.03. The Morgan fingerprint density at radius 2 is 2.00 bits per heavy atom. The van der Waals surface area contributed by atoms with E-state index in [0.29, 0.717) is 12.0 Å². The van der Waals surface area contributed by atoms with Gasteiger partial charge in [-0.15, -0.1) is 0 Å². The van der Waals surface area contributed by atoms with Gasteiger partial charge in [-0.2, -0.15) is 0 Å². The maximum atomic E-state index is 12.5. The van der Waals surface area contributed by atoms with Crippen LogP contribution in [0.2, 0.25) is 0 Å². The zero-order chi connectivity index (χ0) is 16.9. The number of benzene rings is 1. The number of nitro groups is 1. The van der Waals surface area contributed by atoms with Gasteiger partial charge in [0.1, 0.15) is 0 Å². The lowest BCUT2D eigenvalue weighted by atomic mass is 10.1. The van der Waals surface area contributed by atoms with Gasteiger partial charge < -0.3 is 10.0 Å². The number of rotatable bonds is 7. The van der Waals surface area contributed by atoms with Crippen LogP contribution in [0.25, 0.3) is 0 Å². The first-order valence-corrected chi connectivity index (χ1v) is 7.08. The maximum Gasteiger partial charge on any atom is 0.305 e. The fourth-order valence-electron chi connectivity index (χ4n) is 2.14. The molecule has 22 heavy (non-hydrogen) atoms. The zero-order valence-electron chi connectivity index (χ0n) is 12.9. The van der Waals surface area contributed by atoms with E-state index in [0.717, 1.165) is 0 Å². The van der Waals surface area contributed by atoms with Crippen LogP contribution in [0.3, 0.4) is 0 Å². The van der Waals surface area contributed by atoms with Crippen LogP contribution in [-0.4, -0.2) is 39.4 Å². The van der Waals surface area contributed by atoms with E-state index in [1.54, 1.807) is 32.9 Å². The molecule has 0 aliphatic rings. The summed E-state index contributed by atoms with van der Waals surface area (Å²) in [6.07, 6.45) is 0.330. The van der Waals surface area contributed by atoms with Gasteiger partial charge in [0.25, 0.3) is 11.6 Å². The number of nitro benzene ring substituents is 1. The van der Waals surface area contributed by atoms with Gasteiger partial charge in [0.2, 0.25) is 0 Å². The lowest BCUT2D eigenvalue weighted by molar-refractivity contribution is -0.385. The predicted octanol–water partition coefficient (Wildman–Crippen LogP) is 2.48. The van der Waals surface area contributed by atoms with Gasteiger partial charge in [0.15, 0.2) is 0 Å².